The van der Waals surface area contributed by atoms with Crippen molar-refractivity contribution in [1.82, 2.24) is 0 Å². The largest absolute Gasteiger partial charge is 0.385 e. The van der Waals surface area contributed by atoms with Crippen molar-refractivity contribution >= 4 is 23.1 Å². The van der Waals surface area contributed by atoms with Crippen molar-refractivity contribution in [3.63, 3.8) is 0 Å². The molecule has 0 bridgehead atoms. The maximum atomic E-state index is 10.9. The highest BCUT2D eigenvalue weighted by Gasteiger charge is 2.10. The number of anilines is 1. The first-order valence-corrected chi connectivity index (χ1v) is 8.29. The number of rotatable bonds is 9. The van der Waals surface area contributed by atoms with Crippen LogP contribution in [-0.4, -0.2) is 17.2 Å². The number of benzene rings is 1. The number of nitrogens with one attached hydrogen (secondary N) is 1. The van der Waals surface area contributed by atoms with E-state index in [-0.39, 0.29) is 10.6 Å². The fraction of sp³-hybridized carbons (Fsp3) is 0.600. The predicted octanol–water partition coefficient (Wildman–Crippen LogP) is 4.70. The van der Waals surface area contributed by atoms with Gasteiger partial charge in [0.2, 0.25) is 0 Å². The summed E-state index contributed by atoms with van der Waals surface area (Å²) in [6.45, 7) is 7.42. The summed E-state index contributed by atoms with van der Waals surface area (Å²) in [6.07, 6.45) is 2.22. The minimum atomic E-state index is -0.327. The Balaban J connectivity index is 2.71. The van der Waals surface area contributed by atoms with Crippen molar-refractivity contribution in [2.24, 2.45) is 5.92 Å². The minimum Gasteiger partial charge on any atom is -0.385 e. The van der Waals surface area contributed by atoms with E-state index in [4.69, 9.17) is 0 Å². The van der Waals surface area contributed by atoms with Gasteiger partial charge in [0.25, 0.3) is 5.69 Å². The summed E-state index contributed by atoms with van der Waals surface area (Å²) in [4.78, 5) is 10.5. The number of hydrogen-bond acceptors (Lipinski definition) is 4. The van der Waals surface area contributed by atoms with Crippen molar-refractivity contribution < 1.29 is 4.92 Å². The molecule has 0 saturated heterocycles. The third-order valence-electron chi connectivity index (χ3n) is 2.96. The molecular formula is C15H24N2O2S. The molecule has 0 aliphatic carbocycles. The topological polar surface area (TPSA) is 55.2 Å². The van der Waals surface area contributed by atoms with Gasteiger partial charge in [0.15, 0.2) is 0 Å². The maximum Gasteiger partial charge on any atom is 0.269 e. The van der Waals surface area contributed by atoms with Crippen LogP contribution in [0.1, 0.15) is 39.2 Å². The smallest absolute Gasteiger partial charge is 0.269 e. The lowest BCUT2D eigenvalue weighted by atomic mass is 10.1. The molecule has 0 fully saturated rings. The van der Waals surface area contributed by atoms with Crippen LogP contribution >= 0.6 is 11.8 Å². The van der Waals surface area contributed by atoms with Gasteiger partial charge in [-0.05, 0) is 36.1 Å². The van der Waals surface area contributed by atoms with Gasteiger partial charge in [0.1, 0.15) is 0 Å². The molecule has 0 spiro atoms. The standard InChI is InChI=1S/C15H24N2O2S/c1-4-8-16-15-6-5-14(17(18)19)10-13(15)11-20-9-7-12(2)3/h5-6,10,12,16H,4,7-9,11H2,1-3H3. The first kappa shape index (κ1) is 16.8. The first-order chi connectivity index (χ1) is 9.54. The number of thioether (sulfide) groups is 1. The van der Waals surface area contributed by atoms with Crippen LogP contribution in [0.3, 0.4) is 0 Å². The molecule has 1 rings (SSSR count). The minimum absolute atomic E-state index is 0.173. The zero-order chi connectivity index (χ0) is 15.0. The lowest BCUT2D eigenvalue weighted by Crippen LogP contribution is -2.03. The van der Waals surface area contributed by atoms with Crippen LogP contribution in [0.5, 0.6) is 0 Å². The van der Waals surface area contributed by atoms with Crippen LogP contribution in [-0.2, 0) is 5.75 Å². The SMILES string of the molecule is CCCNc1ccc([N+](=O)[O-])cc1CSCCC(C)C. The summed E-state index contributed by atoms with van der Waals surface area (Å²) in [6, 6.07) is 5.09. The van der Waals surface area contributed by atoms with E-state index in [1.165, 1.54) is 6.42 Å². The lowest BCUT2D eigenvalue weighted by Gasteiger charge is -2.11. The van der Waals surface area contributed by atoms with Gasteiger partial charge in [-0.2, -0.15) is 11.8 Å². The Kier molecular flexibility index (Phi) is 7.44. The third-order valence-corrected chi connectivity index (χ3v) is 4.00. The molecular weight excluding hydrogens is 272 g/mol. The van der Waals surface area contributed by atoms with Crippen molar-refractivity contribution in [2.75, 3.05) is 17.6 Å². The van der Waals surface area contributed by atoms with Gasteiger partial charge >= 0.3 is 0 Å². The van der Waals surface area contributed by atoms with Gasteiger partial charge in [0, 0.05) is 30.1 Å². The van der Waals surface area contributed by atoms with Gasteiger partial charge in [0.05, 0.1) is 4.92 Å². The monoisotopic (exact) mass is 296 g/mol. The van der Waals surface area contributed by atoms with Gasteiger partial charge < -0.3 is 5.32 Å². The van der Waals surface area contributed by atoms with E-state index in [1.807, 2.05) is 17.8 Å². The highest BCUT2D eigenvalue weighted by molar-refractivity contribution is 7.98. The van der Waals surface area contributed by atoms with Crippen molar-refractivity contribution in [2.45, 2.75) is 39.4 Å². The fourth-order valence-electron chi connectivity index (χ4n) is 1.75. The Hall–Kier alpha value is -1.23. The molecule has 112 valence electrons. The second kappa shape index (κ2) is 8.84. The maximum absolute atomic E-state index is 10.9. The van der Waals surface area contributed by atoms with Crippen LogP contribution in [0, 0.1) is 16.0 Å². The van der Waals surface area contributed by atoms with Crippen molar-refractivity contribution in [3.8, 4) is 0 Å². The zero-order valence-electron chi connectivity index (χ0n) is 12.5. The molecule has 1 aromatic rings. The second-order valence-corrected chi connectivity index (χ2v) is 6.37. The Labute approximate surface area is 125 Å². The summed E-state index contributed by atoms with van der Waals surface area (Å²) >= 11 is 1.84. The Morgan fingerprint density at radius 3 is 2.75 bits per heavy atom. The number of nitro benzene ring substituents is 1. The van der Waals surface area contributed by atoms with Crippen molar-refractivity contribution in [1.29, 1.82) is 0 Å². The van der Waals surface area contributed by atoms with E-state index in [9.17, 15) is 10.1 Å². The van der Waals surface area contributed by atoms with E-state index < -0.39 is 0 Å². The number of nitro groups is 1. The zero-order valence-corrected chi connectivity index (χ0v) is 13.3. The molecule has 0 aliphatic rings. The normalized spacial score (nSPS) is 10.8. The van der Waals surface area contributed by atoms with E-state index in [0.29, 0.717) is 5.92 Å². The first-order valence-electron chi connectivity index (χ1n) is 7.13. The third kappa shape index (κ3) is 5.82. The summed E-state index contributed by atoms with van der Waals surface area (Å²) in [5.74, 6) is 2.61. The number of nitrogens with zero attached hydrogens (tertiary/aromatic N) is 1. The molecule has 5 heteroatoms. The summed E-state index contributed by atoms with van der Waals surface area (Å²) in [5.41, 5.74) is 2.22. The van der Waals surface area contributed by atoms with Gasteiger partial charge in [-0.15, -0.1) is 0 Å². The molecule has 0 amide bonds. The van der Waals surface area contributed by atoms with E-state index in [2.05, 4.69) is 26.1 Å². The van der Waals surface area contributed by atoms with Crippen LogP contribution in [0.25, 0.3) is 0 Å². The summed E-state index contributed by atoms with van der Waals surface area (Å²) in [5, 5.41) is 14.2. The van der Waals surface area contributed by atoms with Crippen LogP contribution in [0.2, 0.25) is 0 Å². The second-order valence-electron chi connectivity index (χ2n) is 5.26. The molecule has 0 radical (unpaired) electrons. The van der Waals surface area contributed by atoms with Crippen LogP contribution in [0.15, 0.2) is 18.2 Å². The average molecular weight is 296 g/mol. The Morgan fingerprint density at radius 2 is 2.15 bits per heavy atom. The van der Waals surface area contributed by atoms with Crippen LogP contribution < -0.4 is 5.32 Å². The molecule has 0 unspecified atom stereocenters. The van der Waals surface area contributed by atoms with Crippen LogP contribution in [0.4, 0.5) is 11.4 Å². The molecule has 1 N–H and O–H groups in total. The lowest BCUT2D eigenvalue weighted by molar-refractivity contribution is -0.384. The van der Waals surface area contributed by atoms with Crippen molar-refractivity contribution in [3.05, 3.63) is 33.9 Å². The van der Waals surface area contributed by atoms with E-state index in [1.54, 1.807) is 12.1 Å². The number of non-ortho nitro benzene ring substituents is 1. The molecule has 0 heterocycles. The highest BCUT2D eigenvalue weighted by Crippen LogP contribution is 2.26. The average Bonchev–Trinajstić information content (AvgIpc) is 2.41. The molecule has 4 nitrogen and oxygen atoms in total. The molecule has 0 aromatic heterocycles. The summed E-state index contributed by atoms with van der Waals surface area (Å²) < 4.78 is 0. The quantitative estimate of drug-likeness (QED) is 0.408. The highest BCUT2D eigenvalue weighted by atomic mass is 32.2. The van der Waals surface area contributed by atoms with Gasteiger partial charge in [-0.1, -0.05) is 20.8 Å². The Bertz CT molecular complexity index is 436. The molecule has 0 aliphatic heterocycles. The molecule has 1 aromatic carbocycles. The Morgan fingerprint density at radius 1 is 1.40 bits per heavy atom. The molecule has 0 atom stereocenters. The fourth-order valence-corrected chi connectivity index (χ4v) is 2.99. The van der Waals surface area contributed by atoms with Gasteiger partial charge in [-0.25, -0.2) is 0 Å². The van der Waals surface area contributed by atoms with Gasteiger partial charge in [-0.3, -0.25) is 10.1 Å². The number of hydrogen-bond donors (Lipinski definition) is 1. The predicted molar refractivity (Wildman–Crippen MR) is 87.5 cm³/mol. The van der Waals surface area contributed by atoms with E-state index >= 15 is 0 Å². The molecule has 20 heavy (non-hydrogen) atoms. The van der Waals surface area contributed by atoms with E-state index in [0.717, 1.165) is 35.7 Å². The summed E-state index contributed by atoms with van der Waals surface area (Å²) in [7, 11) is 0. The molecule has 0 saturated carbocycles.